The van der Waals surface area contributed by atoms with Crippen molar-refractivity contribution in [1.82, 2.24) is 0 Å². The number of nitrogens with one attached hydrogen (secondary N) is 1. The molecule has 1 aliphatic rings. The van der Waals surface area contributed by atoms with Gasteiger partial charge in [0.2, 0.25) is 5.91 Å². The van der Waals surface area contributed by atoms with Crippen molar-refractivity contribution in [3.05, 3.63) is 23.8 Å². The van der Waals surface area contributed by atoms with E-state index in [9.17, 15) is 9.90 Å². The van der Waals surface area contributed by atoms with Crippen LogP contribution in [-0.2, 0) is 16.1 Å². The Morgan fingerprint density at radius 2 is 1.96 bits per heavy atom. The van der Waals surface area contributed by atoms with Crippen LogP contribution < -0.4 is 20.1 Å². The van der Waals surface area contributed by atoms with Crippen LogP contribution in [0, 0.1) is 5.92 Å². The van der Waals surface area contributed by atoms with Crippen molar-refractivity contribution >= 4 is 5.91 Å². The maximum atomic E-state index is 11.2. The first-order valence-corrected chi connectivity index (χ1v) is 8.63. The average Bonchev–Trinajstić information content (AvgIpc) is 2.62. The summed E-state index contributed by atoms with van der Waals surface area (Å²) < 4.78 is 16.1. The molecule has 1 aliphatic heterocycles. The maximum Gasteiger partial charge on any atom is 0.220 e. The molecule has 1 aromatic rings. The molecule has 140 valence electrons. The van der Waals surface area contributed by atoms with Gasteiger partial charge >= 0.3 is 0 Å². The summed E-state index contributed by atoms with van der Waals surface area (Å²) in [6.45, 7) is 3.02. The largest absolute Gasteiger partial charge is 0.493 e. The highest BCUT2D eigenvalue weighted by molar-refractivity contribution is 5.76. The molecule has 0 unspecified atom stereocenters. The lowest BCUT2D eigenvalue weighted by molar-refractivity contribution is -0.908. The molecule has 7 nitrogen and oxygen atoms in total. The standard InChI is InChI=1S/C18H28N2O5/c1-23-16-4-3-13(9-17(16)24-2)11-25-12-15(21)10-20-7-5-14(6-8-20)18(19)22/h3-4,9,14-15,21H,5-8,10-12H2,1-2H3,(H2,19,22)/p+1/t15-/m1/s1. The SMILES string of the molecule is COc1ccc(COC[C@H](O)C[NH+]2CCC(C(N)=O)CC2)cc1OC. The minimum atomic E-state index is -0.528. The Labute approximate surface area is 148 Å². The Kier molecular flexibility index (Phi) is 7.49. The second kappa shape index (κ2) is 9.60. The zero-order valence-electron chi connectivity index (χ0n) is 15.0. The van der Waals surface area contributed by atoms with Crippen LogP contribution in [-0.4, -0.2) is 57.6 Å². The predicted octanol–water partition coefficient (Wildman–Crippen LogP) is -0.638. The highest BCUT2D eigenvalue weighted by Gasteiger charge is 2.27. The number of hydrogen-bond donors (Lipinski definition) is 3. The number of primary amides is 1. The molecule has 1 amide bonds. The molecule has 1 fully saturated rings. The molecule has 1 heterocycles. The van der Waals surface area contributed by atoms with Crippen LogP contribution >= 0.6 is 0 Å². The van der Waals surface area contributed by atoms with Crippen molar-refractivity contribution < 1.29 is 29.0 Å². The topological polar surface area (TPSA) is 95.5 Å². The Hall–Kier alpha value is -1.83. The van der Waals surface area contributed by atoms with Gasteiger partial charge in [-0.2, -0.15) is 0 Å². The summed E-state index contributed by atoms with van der Waals surface area (Å²) in [7, 11) is 3.19. The quantitative estimate of drug-likeness (QED) is 0.549. The van der Waals surface area contributed by atoms with Crippen LogP contribution in [0.3, 0.4) is 0 Å². The molecule has 4 N–H and O–H groups in total. The Morgan fingerprint density at radius 3 is 2.56 bits per heavy atom. The van der Waals surface area contributed by atoms with Gasteiger partial charge in [0.15, 0.2) is 11.5 Å². The van der Waals surface area contributed by atoms with E-state index in [0.29, 0.717) is 24.7 Å². The lowest BCUT2D eigenvalue weighted by Crippen LogP contribution is -3.14. The summed E-state index contributed by atoms with van der Waals surface area (Å²) in [5.74, 6) is 1.11. The fourth-order valence-corrected chi connectivity index (χ4v) is 3.19. The Balaban J connectivity index is 1.70. The lowest BCUT2D eigenvalue weighted by atomic mass is 9.96. The summed E-state index contributed by atoms with van der Waals surface area (Å²) in [6, 6.07) is 5.61. The van der Waals surface area contributed by atoms with E-state index in [2.05, 4.69) is 0 Å². The summed E-state index contributed by atoms with van der Waals surface area (Å²) in [5, 5.41) is 10.2. The van der Waals surface area contributed by atoms with E-state index >= 15 is 0 Å². The molecule has 0 saturated carbocycles. The van der Waals surface area contributed by atoms with Gasteiger partial charge in [-0.15, -0.1) is 0 Å². The second-order valence-corrected chi connectivity index (χ2v) is 6.49. The molecule has 0 spiro atoms. The molecule has 0 bridgehead atoms. The van der Waals surface area contributed by atoms with Crippen molar-refractivity contribution in [2.45, 2.75) is 25.6 Å². The van der Waals surface area contributed by atoms with Crippen LogP contribution in [0.25, 0.3) is 0 Å². The monoisotopic (exact) mass is 353 g/mol. The van der Waals surface area contributed by atoms with E-state index in [0.717, 1.165) is 31.5 Å². The minimum Gasteiger partial charge on any atom is -0.493 e. The number of aliphatic hydroxyl groups excluding tert-OH is 1. The maximum absolute atomic E-state index is 11.2. The third-order valence-corrected chi connectivity index (χ3v) is 4.65. The van der Waals surface area contributed by atoms with E-state index in [1.807, 2.05) is 18.2 Å². The van der Waals surface area contributed by atoms with Gasteiger partial charge in [-0.1, -0.05) is 6.07 Å². The summed E-state index contributed by atoms with van der Waals surface area (Å²) in [6.07, 6.45) is 1.06. The first kappa shape index (κ1) is 19.5. The number of carbonyl (C=O) groups excluding carboxylic acids is 1. The molecule has 0 aromatic heterocycles. The number of nitrogens with two attached hydrogens (primary N) is 1. The Morgan fingerprint density at radius 1 is 1.28 bits per heavy atom. The molecule has 1 atom stereocenters. The average molecular weight is 353 g/mol. The van der Waals surface area contributed by atoms with E-state index in [4.69, 9.17) is 19.9 Å². The van der Waals surface area contributed by atoms with Gasteiger partial charge in [0, 0.05) is 18.8 Å². The van der Waals surface area contributed by atoms with Crippen molar-refractivity contribution in [1.29, 1.82) is 0 Å². The molecule has 2 rings (SSSR count). The van der Waals surface area contributed by atoms with Gasteiger partial charge in [0.25, 0.3) is 0 Å². The minimum absolute atomic E-state index is 0.0119. The number of carbonyl (C=O) groups is 1. The molecular weight excluding hydrogens is 324 g/mol. The van der Waals surface area contributed by atoms with Crippen LogP contribution in [0.15, 0.2) is 18.2 Å². The number of benzene rings is 1. The molecule has 7 heteroatoms. The number of methoxy groups -OCH3 is 2. The normalized spacial score (nSPS) is 21.6. The predicted molar refractivity (Wildman–Crippen MR) is 92.7 cm³/mol. The number of ether oxygens (including phenoxy) is 3. The fraction of sp³-hybridized carbons (Fsp3) is 0.611. The van der Waals surface area contributed by atoms with Crippen LogP contribution in [0.5, 0.6) is 11.5 Å². The van der Waals surface area contributed by atoms with E-state index in [-0.39, 0.29) is 18.4 Å². The summed E-state index contributed by atoms with van der Waals surface area (Å²) >= 11 is 0. The number of aliphatic hydroxyl groups is 1. The van der Waals surface area contributed by atoms with E-state index < -0.39 is 6.10 Å². The van der Waals surface area contributed by atoms with Gasteiger partial charge in [0.1, 0.15) is 12.6 Å². The fourth-order valence-electron chi connectivity index (χ4n) is 3.19. The number of rotatable bonds is 9. The van der Waals surface area contributed by atoms with Gasteiger partial charge in [-0.25, -0.2) is 0 Å². The van der Waals surface area contributed by atoms with Crippen LogP contribution in [0.4, 0.5) is 0 Å². The summed E-state index contributed by atoms with van der Waals surface area (Å²) in [5.41, 5.74) is 6.30. The van der Waals surface area contributed by atoms with Gasteiger partial charge in [-0.05, 0) is 17.7 Å². The highest BCUT2D eigenvalue weighted by atomic mass is 16.5. The molecular formula is C18H29N2O5+. The number of amides is 1. The number of hydrogen-bond acceptors (Lipinski definition) is 5. The first-order chi connectivity index (χ1) is 12.0. The highest BCUT2D eigenvalue weighted by Crippen LogP contribution is 2.27. The molecule has 1 aromatic carbocycles. The van der Waals surface area contributed by atoms with Crippen molar-refractivity contribution in [2.24, 2.45) is 11.7 Å². The van der Waals surface area contributed by atoms with Crippen molar-refractivity contribution in [3.63, 3.8) is 0 Å². The smallest absolute Gasteiger partial charge is 0.220 e. The number of piperidine rings is 1. The number of quaternary nitrogens is 1. The van der Waals surface area contributed by atoms with Crippen molar-refractivity contribution in [3.8, 4) is 11.5 Å². The third kappa shape index (κ3) is 5.88. The zero-order chi connectivity index (χ0) is 18.2. The van der Waals surface area contributed by atoms with Crippen LogP contribution in [0.1, 0.15) is 18.4 Å². The summed E-state index contributed by atoms with van der Waals surface area (Å²) in [4.78, 5) is 12.5. The molecule has 0 radical (unpaired) electrons. The van der Waals surface area contributed by atoms with Gasteiger partial charge < -0.3 is 30.0 Å². The number of likely N-dealkylation sites (tertiary alicyclic amines) is 1. The van der Waals surface area contributed by atoms with Gasteiger partial charge in [0.05, 0.1) is 40.5 Å². The lowest BCUT2D eigenvalue weighted by Gasteiger charge is -2.29. The van der Waals surface area contributed by atoms with Crippen molar-refractivity contribution in [2.75, 3.05) is 40.5 Å². The molecule has 1 saturated heterocycles. The Bertz CT molecular complexity index is 558. The molecule has 0 aliphatic carbocycles. The second-order valence-electron chi connectivity index (χ2n) is 6.49. The van der Waals surface area contributed by atoms with E-state index in [1.54, 1.807) is 14.2 Å². The van der Waals surface area contributed by atoms with Gasteiger partial charge in [-0.3, -0.25) is 4.79 Å². The zero-order valence-corrected chi connectivity index (χ0v) is 15.0. The van der Waals surface area contributed by atoms with Crippen LogP contribution in [0.2, 0.25) is 0 Å². The first-order valence-electron chi connectivity index (χ1n) is 8.63. The van der Waals surface area contributed by atoms with E-state index in [1.165, 1.54) is 4.90 Å². The third-order valence-electron chi connectivity index (χ3n) is 4.65. The molecule has 25 heavy (non-hydrogen) atoms.